The molecule has 0 radical (unpaired) electrons. The number of hydrogen-bond acceptors (Lipinski definition) is 5. The first-order valence-corrected chi connectivity index (χ1v) is 8.24. The molecule has 96 valence electrons. The monoisotopic (exact) mass is 275 g/mol. The van der Waals surface area contributed by atoms with Crippen molar-refractivity contribution in [2.45, 2.75) is 43.6 Å². The van der Waals surface area contributed by atoms with Crippen LogP contribution < -0.4 is 0 Å². The van der Waals surface area contributed by atoms with E-state index in [9.17, 15) is 8.42 Å². The molecule has 1 aromatic heterocycles. The number of hydrogen-bond donors (Lipinski definition) is 0. The Labute approximate surface area is 106 Å². The molecule has 0 spiro atoms. The van der Waals surface area contributed by atoms with Crippen molar-refractivity contribution in [2.24, 2.45) is 0 Å². The van der Waals surface area contributed by atoms with Crippen LogP contribution in [0.3, 0.4) is 0 Å². The second-order valence-corrected chi connectivity index (χ2v) is 7.80. The summed E-state index contributed by atoms with van der Waals surface area (Å²) in [5.74, 6) is 0.0688. The number of aryl methyl sites for hydroxylation is 2. The molecule has 0 bridgehead atoms. The van der Waals surface area contributed by atoms with Crippen molar-refractivity contribution in [3.05, 3.63) is 10.6 Å². The van der Waals surface area contributed by atoms with Crippen LogP contribution in [0.25, 0.3) is 0 Å². The van der Waals surface area contributed by atoms with Gasteiger partial charge in [0.15, 0.2) is 0 Å². The van der Waals surface area contributed by atoms with E-state index < -0.39 is 9.84 Å². The highest BCUT2D eigenvalue weighted by molar-refractivity contribution is 7.93. The first-order chi connectivity index (χ1) is 7.99. The van der Waals surface area contributed by atoms with Gasteiger partial charge in [0.1, 0.15) is 0 Å². The summed E-state index contributed by atoms with van der Waals surface area (Å²) in [7, 11) is -3.28. The molecule has 17 heavy (non-hydrogen) atoms. The second-order valence-electron chi connectivity index (χ2n) is 4.39. The van der Waals surface area contributed by atoms with E-state index in [-0.39, 0.29) is 16.2 Å². The average molecular weight is 275 g/mol. The zero-order chi connectivity index (χ0) is 12.5. The van der Waals surface area contributed by atoms with E-state index in [0.29, 0.717) is 6.61 Å². The minimum absolute atomic E-state index is 0.0688. The average Bonchev–Trinajstić information content (AvgIpc) is 2.61. The summed E-state index contributed by atoms with van der Waals surface area (Å²) < 4.78 is 30.0. The van der Waals surface area contributed by atoms with Crippen molar-refractivity contribution in [1.29, 1.82) is 0 Å². The first kappa shape index (κ1) is 13.0. The lowest BCUT2D eigenvalue weighted by Crippen LogP contribution is -2.27. The topological polar surface area (TPSA) is 56.3 Å². The maximum absolute atomic E-state index is 12.1. The van der Waals surface area contributed by atoms with Gasteiger partial charge in [0, 0.05) is 11.5 Å². The molecular formula is C11H17NO3S2. The van der Waals surface area contributed by atoms with Gasteiger partial charge in [0.2, 0.25) is 14.2 Å². The van der Waals surface area contributed by atoms with Crippen LogP contribution in [-0.2, 0) is 14.6 Å². The van der Waals surface area contributed by atoms with Crippen molar-refractivity contribution in [3.8, 4) is 0 Å². The molecule has 1 aliphatic heterocycles. The van der Waals surface area contributed by atoms with Crippen molar-refractivity contribution in [2.75, 3.05) is 12.4 Å². The fourth-order valence-electron chi connectivity index (χ4n) is 1.83. The summed E-state index contributed by atoms with van der Waals surface area (Å²) >= 11 is 1.26. The smallest absolute Gasteiger partial charge is 0.209 e. The number of aromatic nitrogens is 1. The maximum atomic E-state index is 12.1. The van der Waals surface area contributed by atoms with Crippen LogP contribution >= 0.6 is 11.3 Å². The van der Waals surface area contributed by atoms with E-state index >= 15 is 0 Å². The third-order valence-electron chi connectivity index (χ3n) is 2.95. The Morgan fingerprint density at radius 2 is 2.18 bits per heavy atom. The van der Waals surface area contributed by atoms with Gasteiger partial charge in [-0.05, 0) is 33.1 Å². The quantitative estimate of drug-likeness (QED) is 0.847. The van der Waals surface area contributed by atoms with Crippen LogP contribution in [0.1, 0.15) is 29.8 Å². The summed E-state index contributed by atoms with van der Waals surface area (Å²) in [5.41, 5.74) is 0.804. The van der Waals surface area contributed by atoms with Crippen LogP contribution in [0.5, 0.6) is 0 Å². The van der Waals surface area contributed by atoms with Gasteiger partial charge in [0.25, 0.3) is 0 Å². The zero-order valence-corrected chi connectivity index (χ0v) is 11.7. The van der Waals surface area contributed by atoms with Gasteiger partial charge >= 0.3 is 0 Å². The van der Waals surface area contributed by atoms with E-state index in [4.69, 9.17) is 4.74 Å². The first-order valence-electron chi connectivity index (χ1n) is 5.77. The Kier molecular flexibility index (Phi) is 3.85. The van der Waals surface area contributed by atoms with E-state index in [1.807, 2.05) is 13.8 Å². The molecule has 1 atom stereocenters. The number of sulfone groups is 1. The molecule has 0 saturated carbocycles. The van der Waals surface area contributed by atoms with E-state index in [0.717, 1.165) is 29.8 Å². The van der Waals surface area contributed by atoms with Crippen LogP contribution in [0.2, 0.25) is 0 Å². The molecule has 0 unspecified atom stereocenters. The number of ether oxygens (including phenoxy) is 1. The summed E-state index contributed by atoms with van der Waals surface area (Å²) in [6.45, 7) is 4.40. The molecule has 0 N–H and O–H groups in total. The highest BCUT2D eigenvalue weighted by Gasteiger charge is 2.26. The Morgan fingerprint density at radius 3 is 2.71 bits per heavy atom. The zero-order valence-electron chi connectivity index (χ0n) is 10.1. The summed E-state index contributed by atoms with van der Waals surface area (Å²) in [6.07, 6.45) is 2.77. The van der Waals surface area contributed by atoms with Crippen LogP contribution in [-0.4, -0.2) is 31.9 Å². The predicted octanol–water partition coefficient (Wildman–Crippen LogP) is 2.10. The number of nitrogens with zero attached hydrogens (tertiary/aromatic N) is 1. The van der Waals surface area contributed by atoms with Crippen molar-refractivity contribution in [1.82, 2.24) is 4.98 Å². The molecule has 2 heterocycles. The lowest BCUT2D eigenvalue weighted by Gasteiger charge is -2.21. The van der Waals surface area contributed by atoms with Crippen molar-refractivity contribution >= 4 is 21.2 Å². The third-order valence-corrected chi connectivity index (χ3v) is 6.27. The van der Waals surface area contributed by atoms with Gasteiger partial charge in [-0.2, -0.15) is 0 Å². The van der Waals surface area contributed by atoms with E-state index in [2.05, 4.69) is 4.98 Å². The van der Waals surface area contributed by atoms with Gasteiger partial charge < -0.3 is 4.74 Å². The minimum Gasteiger partial charge on any atom is -0.377 e. The normalized spacial score (nSPS) is 21.6. The molecule has 1 aliphatic rings. The van der Waals surface area contributed by atoms with Gasteiger partial charge in [-0.25, -0.2) is 13.4 Å². The number of thiazole rings is 1. The lowest BCUT2D eigenvalue weighted by molar-refractivity contribution is 0.0305. The summed E-state index contributed by atoms with van der Waals surface area (Å²) in [4.78, 5) is 5.09. The standard InChI is InChI=1S/C11H17NO3S2/c1-8-9(2)16-11(12-8)17(13,14)7-10-5-3-4-6-15-10/h10H,3-7H2,1-2H3/t10-/m0/s1. The molecule has 4 nitrogen and oxygen atoms in total. The van der Waals surface area contributed by atoms with Gasteiger partial charge in [-0.15, -0.1) is 11.3 Å². The fourth-order valence-corrected chi connectivity index (χ4v) is 4.73. The Hall–Kier alpha value is -0.460. The molecular weight excluding hydrogens is 258 g/mol. The SMILES string of the molecule is Cc1nc(S(=O)(=O)C[C@@H]2CCCCO2)sc1C. The molecule has 6 heteroatoms. The Morgan fingerprint density at radius 1 is 1.41 bits per heavy atom. The van der Waals surface area contributed by atoms with Crippen LogP contribution in [0, 0.1) is 13.8 Å². The number of rotatable bonds is 3. The molecule has 0 amide bonds. The lowest BCUT2D eigenvalue weighted by atomic mass is 10.1. The third kappa shape index (κ3) is 3.05. The van der Waals surface area contributed by atoms with Crippen molar-refractivity contribution in [3.63, 3.8) is 0 Å². The van der Waals surface area contributed by atoms with Crippen molar-refractivity contribution < 1.29 is 13.2 Å². The second kappa shape index (κ2) is 5.04. The van der Waals surface area contributed by atoms with Gasteiger partial charge in [0.05, 0.1) is 17.6 Å². The van der Waals surface area contributed by atoms with Gasteiger partial charge in [-0.3, -0.25) is 0 Å². The molecule has 1 fully saturated rings. The van der Waals surface area contributed by atoms with Gasteiger partial charge in [-0.1, -0.05) is 0 Å². The van der Waals surface area contributed by atoms with Crippen LogP contribution in [0.15, 0.2) is 4.34 Å². The largest absolute Gasteiger partial charge is 0.377 e. The minimum atomic E-state index is -3.28. The maximum Gasteiger partial charge on any atom is 0.209 e. The fraction of sp³-hybridized carbons (Fsp3) is 0.727. The summed E-state index contributed by atoms with van der Waals surface area (Å²) in [6, 6.07) is 0. The molecule has 0 aliphatic carbocycles. The molecule has 1 aromatic rings. The van der Waals surface area contributed by atoms with Crippen LogP contribution in [0.4, 0.5) is 0 Å². The molecule has 0 aromatic carbocycles. The van der Waals surface area contributed by atoms with E-state index in [1.165, 1.54) is 11.3 Å². The highest BCUT2D eigenvalue weighted by Crippen LogP contribution is 2.24. The predicted molar refractivity (Wildman–Crippen MR) is 67.2 cm³/mol. The Balaban J connectivity index is 2.12. The Bertz CT molecular complexity index is 467. The van der Waals surface area contributed by atoms with E-state index in [1.54, 1.807) is 0 Å². The summed E-state index contributed by atoms with van der Waals surface area (Å²) in [5, 5.41) is 0. The highest BCUT2D eigenvalue weighted by atomic mass is 32.2. The molecule has 1 saturated heterocycles. The molecule has 2 rings (SSSR count).